The molecule has 0 radical (unpaired) electrons. The summed E-state index contributed by atoms with van der Waals surface area (Å²) in [5.41, 5.74) is 0.943. The second-order valence-electron chi connectivity index (χ2n) is 5.29. The van der Waals surface area contributed by atoms with E-state index in [9.17, 15) is 10.2 Å². The molecule has 1 aromatic carbocycles. The normalized spacial score (nSPS) is 33.0. The zero-order valence-electron chi connectivity index (χ0n) is 12.5. The first kappa shape index (κ1) is 16.8. The van der Waals surface area contributed by atoms with Gasteiger partial charge in [-0.2, -0.15) is 0 Å². The van der Waals surface area contributed by atoms with Gasteiger partial charge in [0.1, 0.15) is 11.5 Å². The van der Waals surface area contributed by atoms with Crippen LogP contribution >= 0.6 is 11.8 Å². The van der Waals surface area contributed by atoms with Crippen LogP contribution in [0, 0.1) is 5.92 Å². The van der Waals surface area contributed by atoms with Gasteiger partial charge in [0.2, 0.25) is 0 Å². The topological polar surface area (TPSA) is 58.9 Å². The van der Waals surface area contributed by atoms with E-state index in [0.29, 0.717) is 6.61 Å². The van der Waals surface area contributed by atoms with Crippen LogP contribution in [0.2, 0.25) is 0 Å². The van der Waals surface area contributed by atoms with E-state index in [1.165, 1.54) is 0 Å². The largest absolute Gasteiger partial charge is 0.394 e. The highest BCUT2D eigenvalue weighted by molar-refractivity contribution is 7.99. The van der Waals surface area contributed by atoms with Crippen molar-refractivity contribution in [1.82, 2.24) is 0 Å². The van der Waals surface area contributed by atoms with E-state index >= 15 is 0 Å². The van der Waals surface area contributed by atoms with Crippen molar-refractivity contribution in [2.24, 2.45) is 5.92 Å². The third-order valence-corrected chi connectivity index (χ3v) is 4.85. The van der Waals surface area contributed by atoms with E-state index in [1.54, 1.807) is 11.8 Å². The van der Waals surface area contributed by atoms with Gasteiger partial charge in [-0.15, -0.1) is 11.8 Å². The van der Waals surface area contributed by atoms with Gasteiger partial charge in [0, 0.05) is 5.92 Å². The van der Waals surface area contributed by atoms with Crippen LogP contribution in [0.4, 0.5) is 0 Å². The van der Waals surface area contributed by atoms with E-state index in [1.807, 2.05) is 37.3 Å². The quantitative estimate of drug-likeness (QED) is 0.842. The molecule has 0 spiro atoms. The second kappa shape index (κ2) is 8.15. The SMILES string of the molecule is CCS[C@@H]1OC(CO)[C@@H](O)[C@H](C)C1OCc1ccccc1. The van der Waals surface area contributed by atoms with Crippen molar-refractivity contribution in [3.8, 4) is 0 Å². The number of aliphatic hydroxyl groups excluding tert-OH is 2. The van der Waals surface area contributed by atoms with Crippen LogP contribution in [-0.2, 0) is 16.1 Å². The van der Waals surface area contributed by atoms with E-state index < -0.39 is 12.2 Å². The molecule has 5 atom stereocenters. The summed E-state index contributed by atoms with van der Waals surface area (Å²) in [5, 5.41) is 19.5. The molecule has 1 heterocycles. The van der Waals surface area contributed by atoms with Gasteiger partial charge in [0.25, 0.3) is 0 Å². The Labute approximate surface area is 130 Å². The van der Waals surface area contributed by atoms with Gasteiger partial charge in [-0.1, -0.05) is 44.2 Å². The summed E-state index contributed by atoms with van der Waals surface area (Å²) in [4.78, 5) is 0. The number of hydrogen-bond donors (Lipinski definition) is 2. The van der Waals surface area contributed by atoms with Crippen LogP contribution in [0.5, 0.6) is 0 Å². The van der Waals surface area contributed by atoms with Crippen molar-refractivity contribution < 1.29 is 19.7 Å². The van der Waals surface area contributed by atoms with Crippen molar-refractivity contribution in [2.45, 2.75) is 44.2 Å². The highest BCUT2D eigenvalue weighted by Gasteiger charge is 2.43. The minimum atomic E-state index is -0.704. The van der Waals surface area contributed by atoms with Crippen molar-refractivity contribution in [1.29, 1.82) is 0 Å². The third-order valence-electron chi connectivity index (χ3n) is 3.81. The van der Waals surface area contributed by atoms with Gasteiger partial charge in [0.15, 0.2) is 0 Å². The highest BCUT2D eigenvalue weighted by atomic mass is 32.2. The van der Waals surface area contributed by atoms with Crippen molar-refractivity contribution >= 4 is 11.8 Å². The van der Waals surface area contributed by atoms with Crippen molar-refractivity contribution in [3.63, 3.8) is 0 Å². The first-order valence-corrected chi connectivity index (χ1v) is 8.43. The molecule has 2 unspecified atom stereocenters. The summed E-state index contributed by atoms with van der Waals surface area (Å²) in [7, 11) is 0. The van der Waals surface area contributed by atoms with Gasteiger partial charge < -0.3 is 19.7 Å². The summed E-state index contributed by atoms with van der Waals surface area (Å²) in [6, 6.07) is 9.97. The lowest BCUT2D eigenvalue weighted by Gasteiger charge is -2.42. The Bertz CT molecular complexity index is 414. The summed E-state index contributed by atoms with van der Waals surface area (Å²) in [5.74, 6) is 0.820. The Morgan fingerprint density at radius 2 is 2.00 bits per heavy atom. The molecule has 0 aromatic heterocycles. The van der Waals surface area contributed by atoms with Crippen LogP contribution in [0.1, 0.15) is 19.4 Å². The molecule has 1 aliphatic rings. The van der Waals surface area contributed by atoms with Gasteiger partial charge >= 0.3 is 0 Å². The monoisotopic (exact) mass is 312 g/mol. The number of aliphatic hydroxyl groups is 2. The fourth-order valence-electron chi connectivity index (χ4n) is 2.56. The fourth-order valence-corrected chi connectivity index (χ4v) is 3.62. The van der Waals surface area contributed by atoms with Crippen molar-refractivity contribution in [2.75, 3.05) is 12.4 Å². The Morgan fingerprint density at radius 3 is 2.62 bits per heavy atom. The summed E-state index contributed by atoms with van der Waals surface area (Å²) >= 11 is 1.65. The van der Waals surface area contributed by atoms with Gasteiger partial charge in [-0.05, 0) is 11.3 Å². The molecule has 118 valence electrons. The average Bonchev–Trinajstić information content (AvgIpc) is 2.51. The molecule has 0 aliphatic carbocycles. The molecule has 1 aromatic rings. The molecule has 2 rings (SSSR count). The standard InChI is InChI=1S/C16H24O4S/c1-3-21-16-15(11(2)14(18)13(9-17)20-16)19-10-12-7-5-4-6-8-12/h4-8,11,13-18H,3,9-10H2,1-2H3/t11-,13?,14-,15?,16-/m0/s1. The summed E-state index contributed by atoms with van der Waals surface area (Å²) in [6.45, 7) is 4.34. The Balaban J connectivity index is 2.03. The second-order valence-corrected chi connectivity index (χ2v) is 6.67. The predicted molar refractivity (Wildman–Crippen MR) is 84.1 cm³/mol. The molecule has 21 heavy (non-hydrogen) atoms. The van der Waals surface area contributed by atoms with Gasteiger partial charge in [-0.3, -0.25) is 0 Å². The average molecular weight is 312 g/mol. The van der Waals surface area contributed by atoms with Gasteiger partial charge in [-0.25, -0.2) is 0 Å². The molecule has 2 N–H and O–H groups in total. The fraction of sp³-hybridized carbons (Fsp3) is 0.625. The van der Waals surface area contributed by atoms with E-state index in [4.69, 9.17) is 9.47 Å². The zero-order chi connectivity index (χ0) is 15.2. The lowest BCUT2D eigenvalue weighted by Crippen LogP contribution is -2.54. The maximum atomic E-state index is 10.2. The van der Waals surface area contributed by atoms with Crippen LogP contribution in [0.25, 0.3) is 0 Å². The minimum absolute atomic E-state index is 0.0799. The molecule has 1 saturated heterocycles. The number of thioether (sulfide) groups is 1. The van der Waals surface area contributed by atoms with Crippen LogP contribution < -0.4 is 0 Å². The third kappa shape index (κ3) is 4.20. The highest BCUT2D eigenvalue weighted by Crippen LogP contribution is 2.34. The molecule has 0 bridgehead atoms. The number of ether oxygens (including phenoxy) is 2. The zero-order valence-corrected chi connectivity index (χ0v) is 13.3. The maximum Gasteiger partial charge on any atom is 0.130 e. The maximum absolute atomic E-state index is 10.2. The number of rotatable bonds is 6. The molecule has 0 saturated carbocycles. The van der Waals surface area contributed by atoms with Crippen LogP contribution in [-0.4, -0.2) is 46.3 Å². The molecule has 4 nitrogen and oxygen atoms in total. The Kier molecular flexibility index (Phi) is 6.51. The lowest BCUT2D eigenvalue weighted by molar-refractivity contribution is -0.195. The minimum Gasteiger partial charge on any atom is -0.394 e. The summed E-state index contributed by atoms with van der Waals surface area (Å²) < 4.78 is 11.8. The number of hydrogen-bond acceptors (Lipinski definition) is 5. The molecular weight excluding hydrogens is 288 g/mol. The molecule has 1 fully saturated rings. The Hall–Kier alpha value is -0.590. The molecule has 0 amide bonds. The van der Waals surface area contributed by atoms with E-state index in [2.05, 4.69) is 6.92 Å². The van der Waals surface area contributed by atoms with Gasteiger partial charge in [0.05, 0.1) is 25.4 Å². The smallest absolute Gasteiger partial charge is 0.130 e. The van der Waals surface area contributed by atoms with Crippen molar-refractivity contribution in [3.05, 3.63) is 35.9 Å². The molecular formula is C16H24O4S. The van der Waals surface area contributed by atoms with Crippen LogP contribution in [0.15, 0.2) is 30.3 Å². The van der Waals surface area contributed by atoms with E-state index in [-0.39, 0.29) is 24.1 Å². The Morgan fingerprint density at radius 1 is 1.29 bits per heavy atom. The molecule has 1 aliphatic heterocycles. The lowest BCUT2D eigenvalue weighted by atomic mass is 9.91. The first-order chi connectivity index (χ1) is 10.2. The molecule has 5 heteroatoms. The first-order valence-electron chi connectivity index (χ1n) is 7.38. The van der Waals surface area contributed by atoms with Crippen LogP contribution in [0.3, 0.4) is 0 Å². The summed E-state index contributed by atoms with van der Waals surface area (Å²) in [6.07, 6.45) is -1.42. The predicted octanol–water partition coefficient (Wildman–Crippen LogP) is 2.04. The number of benzene rings is 1. The van der Waals surface area contributed by atoms with E-state index in [0.717, 1.165) is 11.3 Å².